The number of nitrogens with zero attached hydrogens (tertiary/aromatic N) is 4. The van der Waals surface area contributed by atoms with E-state index in [0.29, 0.717) is 22.6 Å². The number of ether oxygens (including phenoxy) is 2. The van der Waals surface area contributed by atoms with E-state index < -0.39 is 52.0 Å². The first-order valence-electron chi connectivity index (χ1n) is 17.1. The Balaban J connectivity index is 1.37. The number of oxime groups is 1. The third kappa shape index (κ3) is 8.89. The number of urea groups is 1. The van der Waals surface area contributed by atoms with Gasteiger partial charge in [-0.2, -0.15) is 4.31 Å². The number of sulfonamides is 1. The molecular weight excluding hydrogens is 691 g/mol. The van der Waals surface area contributed by atoms with Crippen molar-refractivity contribution >= 4 is 34.1 Å². The molecule has 1 saturated heterocycles. The fraction of sp³-hybridized carbons (Fsp3) is 0.405. The van der Waals surface area contributed by atoms with Crippen LogP contribution in [-0.2, 0) is 32.6 Å². The molecule has 0 bridgehead atoms. The zero-order valence-corrected chi connectivity index (χ0v) is 30.4. The molecule has 3 N–H and O–H groups in total. The molecule has 3 atom stereocenters. The molecule has 15 heteroatoms. The largest absolute Gasteiger partial charge is 0.454 e. The summed E-state index contributed by atoms with van der Waals surface area (Å²) in [5, 5.41) is 26.5. The van der Waals surface area contributed by atoms with Gasteiger partial charge in [0.05, 0.1) is 29.8 Å². The topological polar surface area (TPSA) is 178 Å². The SMILES string of the molecule is CC(C)CN(C[C@@H](O)[C@H](Cc1ccccc1)NC(=O)[C@H](C(C)C)N1CC(=O)N(Cc2ccc3c(c2)OCO3)C1=O)S(=O)(=O)c1ccc(/C=N/O)cc1. The average Bonchev–Trinajstić information content (AvgIpc) is 3.68. The highest BCUT2D eigenvalue weighted by atomic mass is 32.2. The minimum atomic E-state index is -4.11. The van der Waals surface area contributed by atoms with Gasteiger partial charge in [0.25, 0.3) is 5.91 Å². The Kier molecular flexibility index (Phi) is 12.2. The fourth-order valence-corrected chi connectivity index (χ4v) is 7.96. The number of imide groups is 1. The third-order valence-electron chi connectivity index (χ3n) is 8.87. The highest BCUT2D eigenvalue weighted by molar-refractivity contribution is 7.89. The van der Waals surface area contributed by atoms with Crippen LogP contribution in [0, 0.1) is 11.8 Å². The van der Waals surface area contributed by atoms with E-state index in [1.54, 1.807) is 32.0 Å². The quantitative estimate of drug-likeness (QED) is 0.0861. The normalized spacial score (nSPS) is 16.4. The number of carbonyl (C=O) groups is 3. The molecule has 4 amide bonds. The molecule has 5 rings (SSSR count). The highest BCUT2D eigenvalue weighted by Crippen LogP contribution is 2.33. The lowest BCUT2D eigenvalue weighted by Crippen LogP contribution is -2.57. The molecule has 2 aliphatic rings. The van der Waals surface area contributed by atoms with E-state index in [1.807, 2.05) is 44.2 Å². The number of hydrogen-bond donors (Lipinski definition) is 3. The monoisotopic (exact) mass is 735 g/mol. The van der Waals surface area contributed by atoms with Crippen LogP contribution >= 0.6 is 0 Å². The molecule has 0 spiro atoms. The first kappa shape index (κ1) is 38.2. The number of rotatable bonds is 16. The number of amides is 4. The van der Waals surface area contributed by atoms with E-state index in [1.165, 1.54) is 39.7 Å². The lowest BCUT2D eigenvalue weighted by Gasteiger charge is -2.34. The molecule has 52 heavy (non-hydrogen) atoms. The summed E-state index contributed by atoms with van der Waals surface area (Å²) in [6.07, 6.45) is -0.0351. The van der Waals surface area contributed by atoms with Gasteiger partial charge in [0, 0.05) is 13.1 Å². The average molecular weight is 736 g/mol. The van der Waals surface area contributed by atoms with Crippen LogP contribution in [0.2, 0.25) is 0 Å². The molecule has 278 valence electrons. The summed E-state index contributed by atoms with van der Waals surface area (Å²) in [6, 6.07) is 17.4. The second kappa shape index (κ2) is 16.6. The van der Waals surface area contributed by atoms with Crippen molar-refractivity contribution in [3.05, 3.63) is 89.5 Å². The zero-order valence-electron chi connectivity index (χ0n) is 29.6. The number of carbonyl (C=O) groups excluding carboxylic acids is 3. The second-order valence-electron chi connectivity index (χ2n) is 13.7. The second-order valence-corrected chi connectivity index (χ2v) is 15.6. The molecule has 2 heterocycles. The molecule has 0 aromatic heterocycles. The summed E-state index contributed by atoms with van der Waals surface area (Å²) in [7, 11) is -4.11. The molecule has 0 aliphatic carbocycles. The summed E-state index contributed by atoms with van der Waals surface area (Å²) < 4.78 is 39.7. The number of aliphatic hydroxyl groups is 1. The van der Waals surface area contributed by atoms with Gasteiger partial charge in [-0.15, -0.1) is 0 Å². The molecule has 0 radical (unpaired) electrons. The first-order chi connectivity index (χ1) is 24.8. The van der Waals surface area contributed by atoms with Gasteiger partial charge >= 0.3 is 6.03 Å². The van der Waals surface area contributed by atoms with E-state index in [4.69, 9.17) is 14.7 Å². The molecule has 3 aromatic rings. The summed E-state index contributed by atoms with van der Waals surface area (Å²) in [5.41, 5.74) is 1.94. The maximum atomic E-state index is 14.2. The van der Waals surface area contributed by atoms with E-state index in [-0.39, 0.29) is 50.2 Å². The zero-order chi connectivity index (χ0) is 37.6. The van der Waals surface area contributed by atoms with Crippen LogP contribution in [0.25, 0.3) is 0 Å². The van der Waals surface area contributed by atoms with Crippen molar-refractivity contribution in [2.45, 2.75) is 63.7 Å². The van der Waals surface area contributed by atoms with Crippen molar-refractivity contribution in [3.63, 3.8) is 0 Å². The van der Waals surface area contributed by atoms with Crippen molar-refractivity contribution in [3.8, 4) is 11.5 Å². The molecule has 1 fully saturated rings. The van der Waals surface area contributed by atoms with Crippen LogP contribution in [0.5, 0.6) is 11.5 Å². The highest BCUT2D eigenvalue weighted by Gasteiger charge is 2.44. The van der Waals surface area contributed by atoms with Gasteiger partial charge in [0.1, 0.15) is 12.6 Å². The van der Waals surface area contributed by atoms with Crippen LogP contribution in [0.1, 0.15) is 44.4 Å². The lowest BCUT2D eigenvalue weighted by molar-refractivity contribution is -0.129. The smallest absolute Gasteiger partial charge is 0.328 e. The van der Waals surface area contributed by atoms with Gasteiger partial charge in [0.2, 0.25) is 22.7 Å². The van der Waals surface area contributed by atoms with Crippen molar-refractivity contribution in [1.29, 1.82) is 0 Å². The maximum absolute atomic E-state index is 14.2. The Bertz CT molecular complexity index is 1870. The van der Waals surface area contributed by atoms with E-state index in [9.17, 15) is 27.9 Å². The minimum absolute atomic E-state index is 0.0125. The summed E-state index contributed by atoms with van der Waals surface area (Å²) in [5.74, 6) is -0.486. The van der Waals surface area contributed by atoms with Gasteiger partial charge in [-0.05, 0) is 59.2 Å². The van der Waals surface area contributed by atoms with Gasteiger partial charge in [-0.1, -0.05) is 81.4 Å². The lowest BCUT2D eigenvalue weighted by atomic mass is 9.97. The number of nitrogens with one attached hydrogen (secondary N) is 1. The Labute approximate surface area is 303 Å². The molecule has 0 saturated carbocycles. The van der Waals surface area contributed by atoms with Gasteiger partial charge < -0.3 is 30.0 Å². The minimum Gasteiger partial charge on any atom is -0.454 e. The number of hydrogen-bond acceptors (Lipinski definition) is 10. The van der Waals surface area contributed by atoms with Crippen LogP contribution < -0.4 is 14.8 Å². The summed E-state index contributed by atoms with van der Waals surface area (Å²) in [4.78, 5) is 43.4. The van der Waals surface area contributed by atoms with Gasteiger partial charge in [0.15, 0.2) is 11.5 Å². The van der Waals surface area contributed by atoms with Gasteiger partial charge in [-0.25, -0.2) is 13.2 Å². The van der Waals surface area contributed by atoms with Crippen molar-refractivity contribution in [2.75, 3.05) is 26.4 Å². The van der Waals surface area contributed by atoms with Crippen LogP contribution in [0.3, 0.4) is 0 Å². The molecule has 14 nitrogen and oxygen atoms in total. The molecule has 3 aromatic carbocycles. The van der Waals surface area contributed by atoms with E-state index >= 15 is 0 Å². The predicted molar refractivity (Wildman–Crippen MR) is 191 cm³/mol. The van der Waals surface area contributed by atoms with Crippen LogP contribution in [0.15, 0.2) is 82.8 Å². The molecule has 2 aliphatic heterocycles. The fourth-order valence-electron chi connectivity index (χ4n) is 6.33. The predicted octanol–water partition coefficient (Wildman–Crippen LogP) is 3.45. The van der Waals surface area contributed by atoms with Crippen molar-refractivity contribution in [2.24, 2.45) is 17.0 Å². The maximum Gasteiger partial charge on any atom is 0.328 e. The van der Waals surface area contributed by atoms with E-state index in [2.05, 4.69) is 10.5 Å². The number of fused-ring (bicyclic) bond motifs is 1. The Morgan fingerprint density at radius 1 is 0.962 bits per heavy atom. The van der Waals surface area contributed by atoms with Crippen molar-refractivity contribution < 1.29 is 42.6 Å². The number of aliphatic hydroxyl groups excluding tert-OH is 1. The summed E-state index contributed by atoms with van der Waals surface area (Å²) in [6.45, 7) is 6.74. The molecule has 0 unspecified atom stereocenters. The third-order valence-corrected chi connectivity index (χ3v) is 10.7. The number of benzene rings is 3. The Morgan fingerprint density at radius 3 is 2.31 bits per heavy atom. The van der Waals surface area contributed by atoms with Gasteiger partial charge in [-0.3, -0.25) is 14.5 Å². The Hall–Kier alpha value is -4.99. The molecular formula is C37H45N5O9S. The first-order valence-corrected chi connectivity index (χ1v) is 18.5. The van der Waals surface area contributed by atoms with Crippen LogP contribution in [-0.4, -0.2) is 102 Å². The van der Waals surface area contributed by atoms with Crippen molar-refractivity contribution in [1.82, 2.24) is 19.4 Å². The standard InChI is InChI=1S/C37H45N5O9S/c1-24(2)19-40(52(48,49)29-13-10-27(11-14-29)18-38-47)21-31(43)30(16-26-8-6-5-7-9-26)39-36(45)35(25(3)4)42-22-34(44)41(37(42)46)20-28-12-15-32-33(17-28)51-23-50-32/h5-15,17-18,24-25,30-31,35,43,47H,16,19-23H2,1-4H3,(H,39,45)/b38-18+/t30-,31+,35-/m0/s1. The van der Waals surface area contributed by atoms with E-state index in [0.717, 1.165) is 10.5 Å². The summed E-state index contributed by atoms with van der Waals surface area (Å²) >= 11 is 0. The van der Waals surface area contributed by atoms with Crippen LogP contribution in [0.4, 0.5) is 4.79 Å². The Morgan fingerprint density at radius 2 is 1.65 bits per heavy atom.